The fourth-order valence-corrected chi connectivity index (χ4v) is 1.38. The van der Waals surface area contributed by atoms with Gasteiger partial charge in [-0.25, -0.2) is 9.55 Å². The number of ether oxygens (including phenoxy) is 1. The molecular weight excluding hydrogens is 178 g/mol. The van der Waals surface area contributed by atoms with Crippen LogP contribution in [0.2, 0.25) is 0 Å². The average Bonchev–Trinajstić information content (AvgIpc) is 2.63. The van der Waals surface area contributed by atoms with Gasteiger partial charge in [0.1, 0.15) is 18.9 Å². The second-order valence-electron chi connectivity index (χ2n) is 3.10. The maximum Gasteiger partial charge on any atom is 0.254 e. The van der Waals surface area contributed by atoms with E-state index in [1.54, 1.807) is 7.11 Å². The minimum atomic E-state index is 0.555. The standard InChI is InChI=1S/C10H15N3O/c1-14-9-2-4-10-12-6-8-13(10)7-3-5-11/h6,8H,2-4,7,9H2,1H3/p+1. The van der Waals surface area contributed by atoms with Gasteiger partial charge in [-0.15, -0.1) is 0 Å². The molecule has 1 rings (SSSR count). The van der Waals surface area contributed by atoms with E-state index in [0.717, 1.165) is 31.8 Å². The molecule has 1 aromatic heterocycles. The molecule has 0 radical (unpaired) electrons. The molecule has 0 unspecified atom stereocenters. The summed E-state index contributed by atoms with van der Waals surface area (Å²) in [6.07, 6.45) is 6.40. The Kier molecular flexibility index (Phi) is 4.73. The van der Waals surface area contributed by atoms with Crippen LogP contribution < -0.4 is 4.57 Å². The maximum absolute atomic E-state index is 8.48. The van der Waals surface area contributed by atoms with Gasteiger partial charge in [-0.2, -0.15) is 5.26 Å². The molecular formula is C10H16N3O+. The first-order valence-electron chi connectivity index (χ1n) is 4.80. The fraction of sp³-hybridized carbons (Fsp3) is 0.600. The smallest absolute Gasteiger partial charge is 0.254 e. The quantitative estimate of drug-likeness (QED) is 0.538. The zero-order valence-electron chi connectivity index (χ0n) is 8.49. The first kappa shape index (κ1) is 10.7. The highest BCUT2D eigenvalue weighted by Crippen LogP contribution is 1.94. The monoisotopic (exact) mass is 194 g/mol. The summed E-state index contributed by atoms with van der Waals surface area (Å²) in [5.74, 6) is 1.16. The van der Waals surface area contributed by atoms with Crippen LogP contribution in [0.4, 0.5) is 0 Å². The highest BCUT2D eigenvalue weighted by molar-refractivity contribution is 4.78. The van der Waals surface area contributed by atoms with Crippen LogP contribution in [-0.4, -0.2) is 18.7 Å². The Hall–Kier alpha value is -1.34. The molecule has 0 fully saturated rings. The third-order valence-corrected chi connectivity index (χ3v) is 2.08. The summed E-state index contributed by atoms with van der Waals surface area (Å²) in [5, 5.41) is 8.48. The van der Waals surface area contributed by atoms with Crippen LogP contribution in [0.3, 0.4) is 0 Å². The van der Waals surface area contributed by atoms with Gasteiger partial charge >= 0.3 is 0 Å². The Morgan fingerprint density at radius 1 is 1.64 bits per heavy atom. The molecule has 0 saturated carbocycles. The number of imidazole rings is 1. The first-order valence-corrected chi connectivity index (χ1v) is 4.80. The van der Waals surface area contributed by atoms with Gasteiger partial charge in [0.05, 0.1) is 18.9 Å². The fourth-order valence-electron chi connectivity index (χ4n) is 1.38. The van der Waals surface area contributed by atoms with Crippen LogP contribution in [0.1, 0.15) is 18.7 Å². The van der Waals surface area contributed by atoms with E-state index in [1.807, 2.05) is 12.4 Å². The van der Waals surface area contributed by atoms with E-state index >= 15 is 0 Å². The number of H-pyrrole nitrogens is 1. The number of nitriles is 1. The molecule has 0 atom stereocenters. The van der Waals surface area contributed by atoms with Gasteiger partial charge in [-0.05, 0) is 6.42 Å². The molecule has 0 spiro atoms. The number of aromatic nitrogens is 2. The SMILES string of the molecule is COCCCc1[nH]cc[n+]1CCC#N. The van der Waals surface area contributed by atoms with Crippen LogP contribution in [0.25, 0.3) is 0 Å². The molecule has 0 bridgehead atoms. The Morgan fingerprint density at radius 3 is 3.21 bits per heavy atom. The van der Waals surface area contributed by atoms with Crippen molar-refractivity contribution in [3.63, 3.8) is 0 Å². The molecule has 0 aromatic carbocycles. The third-order valence-electron chi connectivity index (χ3n) is 2.08. The molecule has 0 aliphatic heterocycles. The predicted molar refractivity (Wildman–Crippen MR) is 51.4 cm³/mol. The van der Waals surface area contributed by atoms with Crippen molar-refractivity contribution in [1.82, 2.24) is 4.98 Å². The zero-order valence-corrected chi connectivity index (χ0v) is 8.49. The van der Waals surface area contributed by atoms with Crippen molar-refractivity contribution < 1.29 is 9.30 Å². The van der Waals surface area contributed by atoms with Crippen molar-refractivity contribution in [3.8, 4) is 6.07 Å². The number of hydrogen-bond donors (Lipinski definition) is 1. The molecule has 1 heterocycles. The topological polar surface area (TPSA) is 52.7 Å². The van der Waals surface area contributed by atoms with Gasteiger partial charge in [-0.3, -0.25) is 0 Å². The largest absolute Gasteiger partial charge is 0.385 e. The second kappa shape index (κ2) is 6.17. The third kappa shape index (κ3) is 3.19. The summed E-state index contributed by atoms with van der Waals surface area (Å²) < 4.78 is 7.07. The lowest BCUT2D eigenvalue weighted by atomic mass is 10.3. The van der Waals surface area contributed by atoms with Gasteiger partial charge in [0.25, 0.3) is 5.82 Å². The molecule has 0 aliphatic rings. The number of nitrogens with one attached hydrogen (secondary N) is 1. The van der Waals surface area contributed by atoms with E-state index in [9.17, 15) is 0 Å². The minimum Gasteiger partial charge on any atom is -0.385 e. The van der Waals surface area contributed by atoms with Crippen molar-refractivity contribution in [3.05, 3.63) is 18.2 Å². The molecule has 1 N–H and O–H groups in total. The molecule has 0 amide bonds. The lowest BCUT2D eigenvalue weighted by Crippen LogP contribution is -2.36. The molecule has 4 heteroatoms. The Bertz CT molecular complexity index is 301. The maximum atomic E-state index is 8.48. The second-order valence-corrected chi connectivity index (χ2v) is 3.10. The number of aryl methyl sites for hydroxylation is 2. The van der Waals surface area contributed by atoms with E-state index in [4.69, 9.17) is 10.00 Å². The Balaban J connectivity index is 2.42. The molecule has 1 aromatic rings. The van der Waals surface area contributed by atoms with Crippen LogP contribution in [0.15, 0.2) is 12.4 Å². The Morgan fingerprint density at radius 2 is 2.50 bits per heavy atom. The lowest BCUT2D eigenvalue weighted by Gasteiger charge is -1.98. The van der Waals surface area contributed by atoms with Gasteiger partial charge < -0.3 is 4.74 Å². The minimum absolute atomic E-state index is 0.555. The summed E-state index contributed by atoms with van der Waals surface area (Å²) in [4.78, 5) is 3.17. The van der Waals surface area contributed by atoms with Crippen LogP contribution >= 0.6 is 0 Å². The van der Waals surface area contributed by atoms with Crippen molar-refractivity contribution in [2.24, 2.45) is 0 Å². The van der Waals surface area contributed by atoms with Crippen molar-refractivity contribution in [1.29, 1.82) is 5.26 Å². The Labute approximate surface area is 84.1 Å². The predicted octanol–water partition coefficient (Wildman–Crippen LogP) is 0.795. The van der Waals surface area contributed by atoms with E-state index in [0.29, 0.717) is 6.42 Å². The lowest BCUT2D eigenvalue weighted by molar-refractivity contribution is -0.701. The molecule has 14 heavy (non-hydrogen) atoms. The molecule has 4 nitrogen and oxygen atoms in total. The number of hydrogen-bond acceptors (Lipinski definition) is 2. The summed E-state index contributed by atoms with van der Waals surface area (Å²) in [6, 6.07) is 2.14. The van der Waals surface area contributed by atoms with Gasteiger partial charge in [0.15, 0.2) is 0 Å². The van der Waals surface area contributed by atoms with Crippen LogP contribution in [0.5, 0.6) is 0 Å². The normalized spacial score (nSPS) is 10.0. The molecule has 0 saturated heterocycles. The van der Waals surface area contributed by atoms with Crippen LogP contribution in [0, 0.1) is 11.3 Å². The average molecular weight is 194 g/mol. The highest BCUT2D eigenvalue weighted by atomic mass is 16.5. The summed E-state index contributed by atoms with van der Waals surface area (Å²) in [7, 11) is 1.71. The van der Waals surface area contributed by atoms with E-state index < -0.39 is 0 Å². The van der Waals surface area contributed by atoms with Gasteiger partial charge in [0, 0.05) is 13.7 Å². The summed E-state index contributed by atoms with van der Waals surface area (Å²) >= 11 is 0. The number of nitrogens with zero attached hydrogens (tertiary/aromatic N) is 2. The number of rotatable bonds is 6. The van der Waals surface area contributed by atoms with Crippen LogP contribution in [-0.2, 0) is 17.7 Å². The highest BCUT2D eigenvalue weighted by Gasteiger charge is 2.08. The van der Waals surface area contributed by atoms with E-state index in [1.165, 1.54) is 0 Å². The summed E-state index contributed by atoms with van der Waals surface area (Å²) in [5.41, 5.74) is 0. The number of aromatic amines is 1. The molecule has 0 aliphatic carbocycles. The van der Waals surface area contributed by atoms with Crippen molar-refractivity contribution >= 4 is 0 Å². The van der Waals surface area contributed by atoms with Gasteiger partial charge in [-0.1, -0.05) is 0 Å². The van der Waals surface area contributed by atoms with Crippen molar-refractivity contribution in [2.75, 3.05) is 13.7 Å². The first-order chi connectivity index (χ1) is 6.88. The van der Waals surface area contributed by atoms with E-state index in [-0.39, 0.29) is 0 Å². The zero-order chi connectivity index (χ0) is 10.2. The van der Waals surface area contributed by atoms with E-state index in [2.05, 4.69) is 15.6 Å². The summed E-state index contributed by atoms with van der Waals surface area (Å²) in [6.45, 7) is 1.54. The van der Waals surface area contributed by atoms with Crippen molar-refractivity contribution in [2.45, 2.75) is 25.8 Å². The van der Waals surface area contributed by atoms with Gasteiger partial charge in [0.2, 0.25) is 0 Å². The molecule has 76 valence electrons. The number of methoxy groups -OCH3 is 1.